The minimum atomic E-state index is -0.239. The predicted octanol–water partition coefficient (Wildman–Crippen LogP) is 4.08. The van der Waals surface area contributed by atoms with E-state index < -0.39 is 0 Å². The van der Waals surface area contributed by atoms with Crippen LogP contribution in [-0.2, 0) is 9.59 Å². The molecular weight excluding hydrogens is 328 g/mol. The van der Waals surface area contributed by atoms with Gasteiger partial charge in [-0.25, -0.2) is 0 Å². The first-order valence-corrected chi connectivity index (χ1v) is 8.69. The topological polar surface area (TPSA) is 58.6 Å². The maximum atomic E-state index is 12.4. The Morgan fingerprint density at radius 2 is 1.73 bits per heavy atom. The highest BCUT2D eigenvalue weighted by atomic mass is 16.5. The lowest BCUT2D eigenvalue weighted by molar-refractivity contribution is -0.120. The van der Waals surface area contributed by atoms with E-state index in [0.29, 0.717) is 5.69 Å². The Labute approximate surface area is 155 Å². The summed E-state index contributed by atoms with van der Waals surface area (Å²) in [6, 6.07) is 12.9. The largest absolute Gasteiger partial charge is 0.491 e. The van der Waals surface area contributed by atoms with Crippen LogP contribution in [0.4, 0.5) is 11.4 Å². The van der Waals surface area contributed by atoms with Gasteiger partial charge in [-0.1, -0.05) is 12.1 Å². The van der Waals surface area contributed by atoms with Gasteiger partial charge in [0.2, 0.25) is 11.8 Å². The van der Waals surface area contributed by atoms with Crippen LogP contribution in [0.25, 0.3) is 0 Å². The second-order valence-electron chi connectivity index (χ2n) is 6.56. The van der Waals surface area contributed by atoms with Gasteiger partial charge < -0.3 is 15.0 Å². The number of aryl methyl sites for hydroxylation is 1. The average molecular weight is 354 g/mol. The van der Waals surface area contributed by atoms with Crippen molar-refractivity contribution in [2.75, 3.05) is 16.8 Å². The molecule has 0 saturated carbocycles. The van der Waals surface area contributed by atoms with Crippen LogP contribution in [0.15, 0.2) is 42.5 Å². The zero-order chi connectivity index (χ0) is 19.3. The summed E-state index contributed by atoms with van der Waals surface area (Å²) < 4.78 is 5.61. The van der Waals surface area contributed by atoms with Crippen molar-refractivity contribution in [2.24, 2.45) is 0 Å². The third-order valence-corrected chi connectivity index (χ3v) is 4.08. The molecule has 138 valence electrons. The number of rotatable bonds is 6. The molecule has 0 saturated heterocycles. The molecule has 5 nitrogen and oxygen atoms in total. The van der Waals surface area contributed by atoms with Gasteiger partial charge in [-0.2, -0.15) is 0 Å². The Kier molecular flexibility index (Phi) is 6.39. The first kappa shape index (κ1) is 19.5. The zero-order valence-corrected chi connectivity index (χ0v) is 16.0. The molecule has 0 aliphatic heterocycles. The van der Waals surface area contributed by atoms with Gasteiger partial charge in [0.05, 0.1) is 6.10 Å². The lowest BCUT2D eigenvalue weighted by atomic mass is 10.1. The molecule has 0 spiro atoms. The number of anilines is 2. The van der Waals surface area contributed by atoms with E-state index in [0.717, 1.165) is 22.6 Å². The Morgan fingerprint density at radius 1 is 1.08 bits per heavy atom. The molecule has 0 heterocycles. The summed E-state index contributed by atoms with van der Waals surface area (Å²) in [7, 11) is 0. The van der Waals surface area contributed by atoms with Crippen molar-refractivity contribution >= 4 is 23.2 Å². The van der Waals surface area contributed by atoms with Gasteiger partial charge in [-0.3, -0.25) is 9.59 Å². The molecule has 0 bridgehead atoms. The van der Waals surface area contributed by atoms with E-state index >= 15 is 0 Å². The summed E-state index contributed by atoms with van der Waals surface area (Å²) >= 11 is 0. The monoisotopic (exact) mass is 354 g/mol. The van der Waals surface area contributed by atoms with Crippen molar-refractivity contribution in [2.45, 2.75) is 40.7 Å². The fourth-order valence-corrected chi connectivity index (χ4v) is 2.58. The van der Waals surface area contributed by atoms with Crippen LogP contribution in [-0.4, -0.2) is 24.5 Å². The van der Waals surface area contributed by atoms with Crippen LogP contribution in [0.2, 0.25) is 0 Å². The normalized spacial score (nSPS) is 10.5. The molecule has 2 rings (SSSR count). The summed E-state index contributed by atoms with van der Waals surface area (Å²) in [5, 5.41) is 2.89. The van der Waals surface area contributed by atoms with Gasteiger partial charge in [0.1, 0.15) is 12.3 Å². The molecule has 26 heavy (non-hydrogen) atoms. The van der Waals surface area contributed by atoms with Crippen LogP contribution in [0.3, 0.4) is 0 Å². The van der Waals surface area contributed by atoms with Crippen LogP contribution in [0.5, 0.6) is 5.75 Å². The van der Waals surface area contributed by atoms with Crippen molar-refractivity contribution in [1.29, 1.82) is 0 Å². The minimum Gasteiger partial charge on any atom is -0.491 e. The molecule has 0 radical (unpaired) electrons. The van der Waals surface area contributed by atoms with Gasteiger partial charge in [0.25, 0.3) is 0 Å². The van der Waals surface area contributed by atoms with E-state index in [2.05, 4.69) is 5.32 Å². The Morgan fingerprint density at radius 3 is 2.31 bits per heavy atom. The molecule has 1 N–H and O–H groups in total. The predicted molar refractivity (Wildman–Crippen MR) is 105 cm³/mol. The number of amides is 2. The van der Waals surface area contributed by atoms with E-state index in [9.17, 15) is 9.59 Å². The van der Waals surface area contributed by atoms with Gasteiger partial charge in [0.15, 0.2) is 0 Å². The van der Waals surface area contributed by atoms with Crippen molar-refractivity contribution < 1.29 is 14.3 Å². The molecule has 0 aromatic heterocycles. The van der Waals surface area contributed by atoms with Gasteiger partial charge in [0, 0.05) is 18.3 Å². The lowest BCUT2D eigenvalue weighted by Gasteiger charge is -2.21. The highest BCUT2D eigenvalue weighted by Gasteiger charge is 2.17. The summed E-state index contributed by atoms with van der Waals surface area (Å²) in [5.41, 5.74) is 3.54. The minimum absolute atomic E-state index is 0.0485. The third-order valence-electron chi connectivity index (χ3n) is 4.08. The van der Waals surface area contributed by atoms with Crippen molar-refractivity contribution in [3.05, 3.63) is 53.6 Å². The van der Waals surface area contributed by atoms with Gasteiger partial charge in [-0.05, 0) is 69.2 Å². The Bertz CT molecular complexity index is 782. The molecule has 0 unspecified atom stereocenters. The van der Waals surface area contributed by atoms with E-state index in [1.165, 1.54) is 11.8 Å². The molecule has 0 aliphatic carbocycles. The molecule has 0 atom stereocenters. The van der Waals surface area contributed by atoms with E-state index in [1.54, 1.807) is 24.3 Å². The summed E-state index contributed by atoms with van der Waals surface area (Å²) in [6.45, 7) is 9.26. The number of nitrogens with zero attached hydrogens (tertiary/aromatic N) is 1. The van der Waals surface area contributed by atoms with Crippen molar-refractivity contribution in [3.8, 4) is 5.75 Å². The number of carbonyl (C=O) groups is 2. The maximum Gasteiger partial charge on any atom is 0.244 e. The second kappa shape index (κ2) is 8.52. The Hall–Kier alpha value is -2.82. The number of hydrogen-bond acceptors (Lipinski definition) is 3. The highest BCUT2D eigenvalue weighted by Crippen LogP contribution is 2.21. The second-order valence-corrected chi connectivity index (χ2v) is 6.56. The number of ether oxygens (including phenoxy) is 1. The van der Waals surface area contributed by atoms with Gasteiger partial charge in [-0.15, -0.1) is 0 Å². The van der Waals surface area contributed by atoms with Crippen molar-refractivity contribution in [3.63, 3.8) is 0 Å². The molecule has 0 fully saturated rings. The molecule has 0 aliphatic rings. The molecule has 2 amide bonds. The quantitative estimate of drug-likeness (QED) is 0.850. The number of carbonyl (C=O) groups excluding carboxylic acids is 2. The summed E-state index contributed by atoms with van der Waals surface area (Å²) in [4.78, 5) is 25.9. The van der Waals surface area contributed by atoms with E-state index in [-0.39, 0.29) is 24.5 Å². The first-order valence-electron chi connectivity index (χ1n) is 8.69. The third kappa shape index (κ3) is 5.09. The number of benzene rings is 2. The van der Waals surface area contributed by atoms with Crippen LogP contribution >= 0.6 is 0 Å². The zero-order valence-electron chi connectivity index (χ0n) is 16.0. The summed E-state index contributed by atoms with van der Waals surface area (Å²) in [5.74, 6) is 0.294. The van der Waals surface area contributed by atoms with Gasteiger partial charge >= 0.3 is 0 Å². The van der Waals surface area contributed by atoms with Crippen LogP contribution in [0, 0.1) is 13.8 Å². The first-order chi connectivity index (χ1) is 12.3. The smallest absolute Gasteiger partial charge is 0.244 e. The SMILES string of the molecule is CC(=O)N(CC(=O)Nc1cccc(C)c1C)c1ccc(OC(C)C)cc1. The molecular formula is C21H26N2O3. The Balaban J connectivity index is 2.11. The van der Waals surface area contributed by atoms with E-state index in [1.807, 2.05) is 45.9 Å². The molecule has 2 aromatic carbocycles. The fraction of sp³-hybridized carbons (Fsp3) is 0.333. The van der Waals surface area contributed by atoms with Crippen molar-refractivity contribution in [1.82, 2.24) is 0 Å². The maximum absolute atomic E-state index is 12.4. The average Bonchev–Trinajstić information content (AvgIpc) is 2.57. The molecule has 5 heteroatoms. The van der Waals surface area contributed by atoms with Crippen LogP contribution < -0.4 is 15.0 Å². The number of nitrogens with one attached hydrogen (secondary N) is 1. The highest BCUT2D eigenvalue weighted by molar-refractivity contribution is 6.02. The lowest BCUT2D eigenvalue weighted by Crippen LogP contribution is -2.36. The molecule has 2 aromatic rings. The number of hydrogen-bond donors (Lipinski definition) is 1. The van der Waals surface area contributed by atoms with Crippen LogP contribution in [0.1, 0.15) is 31.9 Å². The summed E-state index contributed by atoms with van der Waals surface area (Å²) in [6.07, 6.45) is 0.0770. The standard InChI is InChI=1S/C21H26N2O3/c1-14(2)26-19-11-9-18(10-12-19)23(17(5)24)13-21(25)22-20-8-6-7-15(3)16(20)4/h6-12,14H,13H2,1-5H3,(H,22,25). The fourth-order valence-electron chi connectivity index (χ4n) is 2.58. The van der Waals surface area contributed by atoms with E-state index in [4.69, 9.17) is 4.74 Å².